The molecule has 10 heteroatoms. The van der Waals surface area contributed by atoms with Gasteiger partial charge in [0, 0.05) is 14.0 Å². The lowest BCUT2D eigenvalue weighted by Crippen LogP contribution is -2.62. The molecule has 48 heavy (non-hydrogen) atoms. The molecule has 0 spiro atoms. The molecule has 1 aliphatic rings. The minimum atomic E-state index is -3.70. The Hall–Kier alpha value is -3.66. The van der Waals surface area contributed by atoms with Gasteiger partial charge in [0.2, 0.25) is 5.91 Å². The van der Waals surface area contributed by atoms with E-state index in [1.54, 1.807) is 0 Å². The molecule has 1 amide bonds. The van der Waals surface area contributed by atoms with Crippen LogP contribution in [0.15, 0.2) is 121 Å². The first-order valence-corrected chi connectivity index (χ1v) is 17.8. The summed E-state index contributed by atoms with van der Waals surface area (Å²) < 4.78 is 51.8. The maximum Gasteiger partial charge on any atom is 0.333 e. The van der Waals surface area contributed by atoms with Crippen molar-refractivity contribution < 1.29 is 37.4 Å². The van der Waals surface area contributed by atoms with E-state index in [1.165, 1.54) is 14.0 Å². The number of carbonyl (C=O) groups excluding carboxylic acids is 1. The molecule has 0 saturated carbocycles. The van der Waals surface area contributed by atoms with E-state index >= 15 is 0 Å². The molecule has 1 saturated heterocycles. The molecular formula is C38H44NO8P. The Bertz CT molecular complexity index is 1560. The predicted molar refractivity (Wildman–Crippen MR) is 183 cm³/mol. The average molecular weight is 674 g/mol. The summed E-state index contributed by atoms with van der Waals surface area (Å²) in [6.45, 7) is 2.61. The highest BCUT2D eigenvalue weighted by molar-refractivity contribution is 7.54. The predicted octanol–water partition coefficient (Wildman–Crippen LogP) is 6.70. The molecule has 4 aromatic carbocycles. The van der Waals surface area contributed by atoms with Crippen molar-refractivity contribution in [3.05, 3.63) is 144 Å². The van der Waals surface area contributed by atoms with Crippen LogP contribution in [0.3, 0.4) is 0 Å². The summed E-state index contributed by atoms with van der Waals surface area (Å²) in [5.41, 5.74) is 3.82. The molecule has 0 aliphatic carbocycles. The van der Waals surface area contributed by atoms with E-state index in [0.717, 1.165) is 22.3 Å². The first kappa shape index (κ1) is 35.6. The molecule has 0 radical (unpaired) electrons. The zero-order valence-corrected chi connectivity index (χ0v) is 28.3. The second-order valence-electron chi connectivity index (χ2n) is 11.7. The Labute approximate surface area is 283 Å². The van der Waals surface area contributed by atoms with Gasteiger partial charge in [0.1, 0.15) is 18.3 Å². The Morgan fingerprint density at radius 3 is 1.73 bits per heavy atom. The van der Waals surface area contributed by atoms with Gasteiger partial charge in [0.25, 0.3) is 0 Å². The normalized spacial score (nSPS) is 22.1. The van der Waals surface area contributed by atoms with E-state index in [4.69, 9.17) is 28.0 Å². The standard InChI is InChI=1S/C38H44NO8P/c1-29(40)39-36-35(45-25-32-19-11-5-12-20-32)28-48(41,42-2)47-38(36)37(46-26-33-21-13-6-14-22-33)34(44-24-31-17-9-4-10-18-31)27-43-23-30-15-7-3-8-16-30/h3-22,34-38H,23-28H2,1-2H3,(H,39,40)/t34-,35-,36+,37+,38+,48+/m0/s1. The van der Waals surface area contributed by atoms with Crippen molar-refractivity contribution >= 4 is 13.5 Å². The Balaban J connectivity index is 1.49. The number of carbonyl (C=O) groups is 1. The van der Waals surface area contributed by atoms with Crippen molar-refractivity contribution in [2.24, 2.45) is 0 Å². The fraction of sp³-hybridized carbons (Fsp3) is 0.342. The number of hydrogen-bond donors (Lipinski definition) is 1. The van der Waals surface area contributed by atoms with Crippen LogP contribution < -0.4 is 5.32 Å². The lowest BCUT2D eigenvalue weighted by atomic mass is 9.96. The van der Waals surface area contributed by atoms with Crippen molar-refractivity contribution in [3.63, 3.8) is 0 Å². The van der Waals surface area contributed by atoms with E-state index in [9.17, 15) is 9.36 Å². The molecule has 0 bridgehead atoms. The van der Waals surface area contributed by atoms with E-state index in [2.05, 4.69) is 5.32 Å². The van der Waals surface area contributed by atoms with Crippen LogP contribution in [0.4, 0.5) is 0 Å². The lowest BCUT2D eigenvalue weighted by molar-refractivity contribution is -0.168. The van der Waals surface area contributed by atoms with E-state index in [1.807, 2.05) is 121 Å². The van der Waals surface area contributed by atoms with Crippen LogP contribution in [0.1, 0.15) is 29.2 Å². The smallest absolute Gasteiger partial charge is 0.333 e. The van der Waals surface area contributed by atoms with Gasteiger partial charge in [-0.05, 0) is 22.3 Å². The number of ether oxygens (including phenoxy) is 4. The number of nitrogens with one attached hydrogen (secondary N) is 1. The fourth-order valence-corrected chi connectivity index (χ4v) is 7.34. The van der Waals surface area contributed by atoms with Crippen molar-refractivity contribution in [1.82, 2.24) is 5.32 Å². The van der Waals surface area contributed by atoms with Gasteiger partial charge in [0.15, 0.2) is 0 Å². The molecular weight excluding hydrogens is 629 g/mol. The van der Waals surface area contributed by atoms with Crippen molar-refractivity contribution in [2.45, 2.75) is 63.8 Å². The summed E-state index contributed by atoms with van der Waals surface area (Å²) >= 11 is 0. The van der Waals surface area contributed by atoms with Crippen LogP contribution in [0.2, 0.25) is 0 Å². The highest BCUT2D eigenvalue weighted by Crippen LogP contribution is 2.54. The van der Waals surface area contributed by atoms with Crippen LogP contribution in [0.25, 0.3) is 0 Å². The number of hydrogen-bond acceptors (Lipinski definition) is 8. The van der Waals surface area contributed by atoms with Crippen molar-refractivity contribution in [2.75, 3.05) is 19.9 Å². The lowest BCUT2D eigenvalue weighted by Gasteiger charge is -2.45. The number of rotatable bonds is 17. The first-order chi connectivity index (χ1) is 23.4. The van der Waals surface area contributed by atoms with E-state index in [0.29, 0.717) is 6.61 Å². The summed E-state index contributed by atoms with van der Waals surface area (Å²) in [4.78, 5) is 12.7. The summed E-state index contributed by atoms with van der Waals surface area (Å²) in [5.74, 6) is -0.292. The molecule has 6 atom stereocenters. The van der Waals surface area contributed by atoms with Crippen LogP contribution in [0.5, 0.6) is 0 Å². The summed E-state index contributed by atoms with van der Waals surface area (Å²) in [6, 6.07) is 38.3. The Morgan fingerprint density at radius 1 is 0.750 bits per heavy atom. The van der Waals surface area contributed by atoms with Gasteiger partial charge < -0.3 is 33.3 Å². The first-order valence-electron chi connectivity index (χ1n) is 16.1. The highest BCUT2D eigenvalue weighted by Gasteiger charge is 2.51. The molecule has 254 valence electrons. The van der Waals surface area contributed by atoms with Gasteiger partial charge in [-0.15, -0.1) is 0 Å². The molecule has 1 aliphatic heterocycles. The van der Waals surface area contributed by atoms with Gasteiger partial charge in [-0.3, -0.25) is 9.36 Å². The summed E-state index contributed by atoms with van der Waals surface area (Å²) in [6.07, 6.45) is -3.34. The third-order valence-electron chi connectivity index (χ3n) is 8.07. The molecule has 1 N–H and O–H groups in total. The zero-order valence-electron chi connectivity index (χ0n) is 27.4. The van der Waals surface area contributed by atoms with Gasteiger partial charge >= 0.3 is 7.60 Å². The molecule has 5 rings (SSSR count). The number of amides is 1. The second kappa shape index (κ2) is 18.2. The molecule has 4 aromatic rings. The average Bonchev–Trinajstić information content (AvgIpc) is 3.12. The second-order valence-corrected chi connectivity index (χ2v) is 13.9. The molecule has 1 fully saturated rings. The van der Waals surface area contributed by atoms with Crippen LogP contribution >= 0.6 is 7.60 Å². The van der Waals surface area contributed by atoms with Gasteiger partial charge in [-0.2, -0.15) is 0 Å². The monoisotopic (exact) mass is 673 g/mol. The molecule has 1 heterocycles. The maximum atomic E-state index is 14.1. The van der Waals surface area contributed by atoms with E-state index in [-0.39, 0.29) is 38.5 Å². The zero-order chi connectivity index (χ0) is 33.6. The maximum absolute atomic E-state index is 14.1. The van der Waals surface area contributed by atoms with Crippen LogP contribution in [-0.4, -0.2) is 56.2 Å². The minimum absolute atomic E-state index is 0.0523. The SMILES string of the molecule is CO[P@]1(=O)C[C@H](OCc2ccccc2)[C@@H](NC(C)=O)[C@H]([C@H](OCc2ccccc2)[C@H](COCc2ccccc2)OCc2ccccc2)O1. The number of benzene rings is 4. The van der Waals surface area contributed by atoms with Gasteiger partial charge in [0.05, 0.1) is 51.3 Å². The summed E-state index contributed by atoms with van der Waals surface area (Å²) in [7, 11) is -2.34. The van der Waals surface area contributed by atoms with Gasteiger partial charge in [-0.25, -0.2) is 0 Å². The van der Waals surface area contributed by atoms with Crippen molar-refractivity contribution in [3.8, 4) is 0 Å². The Kier molecular flexibility index (Phi) is 13.5. The topological polar surface area (TPSA) is 102 Å². The Morgan fingerprint density at radius 2 is 1.23 bits per heavy atom. The third kappa shape index (κ3) is 10.7. The largest absolute Gasteiger partial charge is 0.374 e. The van der Waals surface area contributed by atoms with Crippen molar-refractivity contribution in [1.29, 1.82) is 0 Å². The molecule has 0 aromatic heterocycles. The summed E-state index contributed by atoms with van der Waals surface area (Å²) in [5, 5.41) is 3.03. The molecule has 0 unspecified atom stereocenters. The van der Waals surface area contributed by atoms with Gasteiger partial charge in [-0.1, -0.05) is 121 Å². The third-order valence-corrected chi connectivity index (χ3v) is 10.00. The van der Waals surface area contributed by atoms with Crippen LogP contribution in [-0.2, 0) is 63.8 Å². The van der Waals surface area contributed by atoms with E-state index < -0.39 is 38.1 Å². The minimum Gasteiger partial charge on any atom is -0.374 e. The fourth-order valence-electron chi connectivity index (χ4n) is 5.63. The highest BCUT2D eigenvalue weighted by atomic mass is 31.2. The van der Waals surface area contributed by atoms with Crippen LogP contribution in [0, 0.1) is 0 Å². The quantitative estimate of drug-likeness (QED) is 0.124. The molecule has 9 nitrogen and oxygen atoms in total.